The summed E-state index contributed by atoms with van der Waals surface area (Å²) in [6.45, 7) is 1.65. The van der Waals surface area contributed by atoms with Crippen LogP contribution >= 0.6 is 0 Å². The lowest BCUT2D eigenvalue weighted by Crippen LogP contribution is -2.42. The lowest BCUT2D eigenvalue weighted by molar-refractivity contribution is -0.702. The maximum Gasteiger partial charge on any atom is 0.405 e. The van der Waals surface area contributed by atoms with Gasteiger partial charge in [0, 0.05) is 21.3 Å². The van der Waals surface area contributed by atoms with Gasteiger partial charge in [-0.1, -0.05) is 48.5 Å². The van der Waals surface area contributed by atoms with Gasteiger partial charge in [0.15, 0.2) is 15.9 Å². The molecule has 0 fully saturated rings. The van der Waals surface area contributed by atoms with Gasteiger partial charge in [-0.15, -0.1) is 0 Å². The summed E-state index contributed by atoms with van der Waals surface area (Å²) < 4.78 is 25.8. The van der Waals surface area contributed by atoms with Crippen LogP contribution in [0.1, 0.15) is 11.3 Å². The number of nitrogens with one attached hydrogen (secondary N) is 1. The zero-order valence-electron chi connectivity index (χ0n) is 15.0. The van der Waals surface area contributed by atoms with Crippen molar-refractivity contribution >= 4 is 21.4 Å². The van der Waals surface area contributed by atoms with Gasteiger partial charge in [0.2, 0.25) is 0 Å². The largest absolute Gasteiger partial charge is 0.405 e. The maximum atomic E-state index is 12.9. The number of nitrogens with zero attached hydrogens (tertiary/aromatic N) is 4. The molecule has 7 nitrogen and oxygen atoms in total. The quantitative estimate of drug-likeness (QED) is 0.408. The van der Waals surface area contributed by atoms with E-state index >= 15 is 0 Å². The number of benzene rings is 2. The van der Waals surface area contributed by atoms with Gasteiger partial charge in [-0.25, -0.2) is 8.42 Å². The molecule has 1 aromatic heterocycles. The minimum Gasteiger partial charge on any atom is -0.252 e. The Morgan fingerprint density at radius 3 is 2.25 bits per heavy atom. The molecule has 3 aromatic rings. The summed E-state index contributed by atoms with van der Waals surface area (Å²) in [7, 11) is -3.62. The highest BCUT2D eigenvalue weighted by molar-refractivity contribution is 7.90. The van der Waals surface area contributed by atoms with E-state index in [1.807, 2.05) is 24.1 Å². The second-order valence-corrected chi connectivity index (χ2v) is 7.92. The van der Waals surface area contributed by atoms with Gasteiger partial charge in [-0.3, -0.25) is 5.41 Å². The summed E-state index contributed by atoms with van der Waals surface area (Å²) in [5.41, 5.74) is 1.71. The molecule has 0 aliphatic rings. The zero-order chi connectivity index (χ0) is 20.1. The van der Waals surface area contributed by atoms with E-state index in [2.05, 4.69) is 10.2 Å². The summed E-state index contributed by atoms with van der Waals surface area (Å²) >= 11 is 0. The summed E-state index contributed by atoms with van der Waals surface area (Å²) in [4.78, 5) is 1.21. The van der Waals surface area contributed by atoms with Crippen LogP contribution in [0.15, 0.2) is 65.6 Å². The molecular weight excluding hydrogens is 374 g/mol. The predicted octanol–water partition coefficient (Wildman–Crippen LogP) is 2.33. The number of sulfone groups is 1. The van der Waals surface area contributed by atoms with E-state index in [4.69, 9.17) is 10.7 Å². The van der Waals surface area contributed by atoms with Crippen molar-refractivity contribution in [2.75, 3.05) is 0 Å². The number of aromatic nitrogens is 3. The normalized spacial score (nSPS) is 10.7. The van der Waals surface area contributed by atoms with E-state index in [0.717, 1.165) is 4.80 Å². The van der Waals surface area contributed by atoms with Crippen LogP contribution in [-0.4, -0.2) is 24.5 Å². The van der Waals surface area contributed by atoms with Gasteiger partial charge in [0.05, 0.1) is 21.3 Å². The molecule has 28 heavy (non-hydrogen) atoms. The summed E-state index contributed by atoms with van der Waals surface area (Å²) in [6, 6.07) is 19.0. The van der Waals surface area contributed by atoms with Crippen LogP contribution in [0.25, 0.3) is 17.0 Å². The molecule has 3 rings (SSSR count). The van der Waals surface area contributed by atoms with E-state index in [-0.39, 0.29) is 16.3 Å². The van der Waals surface area contributed by atoms with E-state index < -0.39 is 9.84 Å². The van der Waals surface area contributed by atoms with Crippen molar-refractivity contribution in [2.24, 2.45) is 0 Å². The fraction of sp³-hybridized carbons (Fsp3) is 0.100. The predicted molar refractivity (Wildman–Crippen MR) is 103 cm³/mol. The van der Waals surface area contributed by atoms with Crippen LogP contribution in [-0.2, 0) is 15.6 Å². The standard InChI is InChI=1S/C20H16N5O2S/c1-15-19(14-28(26,27)18-10-6-3-7-11-18)20(16-8-4-2-5-9-16)24-25(23-15)17(12-21)13-22/h2-11,21H,14H2,1H3/q+1. The summed E-state index contributed by atoms with van der Waals surface area (Å²) in [5, 5.41) is 24.9. The van der Waals surface area contributed by atoms with Gasteiger partial charge in [-0.05, 0) is 19.1 Å². The Labute approximate surface area is 162 Å². The highest BCUT2D eigenvalue weighted by atomic mass is 32.2. The third-order valence-corrected chi connectivity index (χ3v) is 5.73. The molecule has 0 bridgehead atoms. The molecule has 138 valence electrons. The van der Waals surface area contributed by atoms with Crippen molar-refractivity contribution in [1.82, 2.24) is 10.2 Å². The molecule has 0 saturated heterocycles. The molecule has 0 amide bonds. The average Bonchev–Trinajstić information content (AvgIpc) is 2.72. The van der Waals surface area contributed by atoms with Crippen molar-refractivity contribution in [3.63, 3.8) is 0 Å². The van der Waals surface area contributed by atoms with E-state index in [9.17, 15) is 8.42 Å². The smallest absolute Gasteiger partial charge is 0.252 e. The Morgan fingerprint density at radius 2 is 1.68 bits per heavy atom. The molecule has 0 spiro atoms. The lowest BCUT2D eigenvalue weighted by Gasteiger charge is -2.09. The lowest BCUT2D eigenvalue weighted by atomic mass is 10.1. The minimum absolute atomic E-state index is 0.197. The third-order valence-electron chi connectivity index (χ3n) is 4.07. The molecule has 0 atom stereocenters. The van der Waals surface area contributed by atoms with Crippen LogP contribution in [0.3, 0.4) is 0 Å². The number of nitriles is 1. The van der Waals surface area contributed by atoms with Crippen LogP contribution in [0, 0.1) is 23.7 Å². The van der Waals surface area contributed by atoms with Crippen molar-refractivity contribution < 1.29 is 13.2 Å². The van der Waals surface area contributed by atoms with Gasteiger partial charge >= 0.3 is 5.70 Å². The molecule has 0 aliphatic carbocycles. The van der Waals surface area contributed by atoms with Crippen LogP contribution in [0.4, 0.5) is 0 Å². The number of hydrogen-bond donors (Lipinski definition) is 1. The molecule has 0 aliphatic heterocycles. The molecule has 1 heterocycles. The van der Waals surface area contributed by atoms with Gasteiger partial charge < -0.3 is 0 Å². The van der Waals surface area contributed by atoms with Crippen LogP contribution < -0.4 is 4.80 Å². The topological polar surface area (TPSA) is 111 Å². The first-order chi connectivity index (χ1) is 13.5. The molecule has 8 heteroatoms. The Kier molecular flexibility index (Phi) is 5.41. The summed E-state index contributed by atoms with van der Waals surface area (Å²) in [6.07, 6.45) is 0. The number of rotatable bonds is 5. The molecular formula is C20H16N5O2S+. The summed E-state index contributed by atoms with van der Waals surface area (Å²) in [5.74, 6) is 1.71. The fourth-order valence-corrected chi connectivity index (χ4v) is 4.14. The van der Waals surface area contributed by atoms with Crippen molar-refractivity contribution in [3.8, 4) is 17.3 Å². The SMILES string of the molecule is Cc1n[n+](C(=C=N)C#N)nc(-c2ccccc2)c1CS(=O)(=O)c1ccccc1. The Balaban J connectivity index is 2.21. The number of allylic oxidation sites excluding steroid dienone is 1. The third kappa shape index (κ3) is 3.86. The van der Waals surface area contributed by atoms with E-state index in [1.54, 1.807) is 55.5 Å². The maximum absolute atomic E-state index is 12.9. The Hall–Kier alpha value is -3.66. The average molecular weight is 390 g/mol. The minimum atomic E-state index is -3.62. The molecule has 0 saturated carbocycles. The first-order valence-electron chi connectivity index (χ1n) is 8.30. The Bertz CT molecular complexity index is 1210. The highest BCUT2D eigenvalue weighted by Crippen LogP contribution is 2.26. The number of aryl methyl sites for hydroxylation is 1. The van der Waals surface area contributed by atoms with Crippen molar-refractivity contribution in [2.45, 2.75) is 17.6 Å². The van der Waals surface area contributed by atoms with Gasteiger partial charge in [-0.2, -0.15) is 5.26 Å². The second kappa shape index (κ2) is 7.92. The van der Waals surface area contributed by atoms with Crippen LogP contribution in [0.5, 0.6) is 0 Å². The van der Waals surface area contributed by atoms with E-state index in [1.165, 1.54) is 0 Å². The van der Waals surface area contributed by atoms with Gasteiger partial charge in [0.25, 0.3) is 0 Å². The molecule has 1 N–H and O–H groups in total. The zero-order valence-corrected chi connectivity index (χ0v) is 15.8. The highest BCUT2D eigenvalue weighted by Gasteiger charge is 2.27. The molecule has 2 aromatic carbocycles. The molecule has 0 unspecified atom stereocenters. The van der Waals surface area contributed by atoms with Crippen LogP contribution in [0.2, 0.25) is 0 Å². The Morgan fingerprint density at radius 1 is 1.07 bits per heavy atom. The van der Waals surface area contributed by atoms with Crippen molar-refractivity contribution in [1.29, 1.82) is 10.7 Å². The second-order valence-electron chi connectivity index (χ2n) is 5.93. The first kappa shape index (κ1) is 19.1. The molecule has 0 radical (unpaired) electrons. The first-order valence-corrected chi connectivity index (χ1v) is 9.95. The fourth-order valence-electron chi connectivity index (χ4n) is 2.68. The van der Waals surface area contributed by atoms with E-state index in [0.29, 0.717) is 22.5 Å². The monoisotopic (exact) mass is 390 g/mol. The number of hydrogen-bond acceptors (Lipinski definition) is 6. The van der Waals surface area contributed by atoms with Crippen molar-refractivity contribution in [3.05, 3.63) is 71.9 Å². The van der Waals surface area contributed by atoms with Gasteiger partial charge in [0.1, 0.15) is 11.4 Å².